The SMILES string of the molecule is CC(C)c1ncnc(C2(C)CC23C=CC=CC3C)n1.c1ccccc1. The predicted octanol–water partition coefficient (Wildman–Crippen LogP) is 5.09. The lowest BCUT2D eigenvalue weighted by molar-refractivity contribution is 0.410. The van der Waals surface area contributed by atoms with Gasteiger partial charge in [0.15, 0.2) is 0 Å². The van der Waals surface area contributed by atoms with Crippen LogP contribution in [0.1, 0.15) is 51.7 Å². The van der Waals surface area contributed by atoms with E-state index in [1.54, 1.807) is 6.33 Å². The number of allylic oxidation sites excluding steroid dienone is 4. The fraction of sp³-hybridized carbons (Fsp3) is 0.409. The lowest BCUT2D eigenvalue weighted by Gasteiger charge is -2.25. The third-order valence-corrected chi connectivity index (χ3v) is 5.53. The highest BCUT2D eigenvalue weighted by Gasteiger charge is 2.67. The first-order chi connectivity index (χ1) is 12.0. The number of benzene rings is 1. The Balaban J connectivity index is 0.000000258. The van der Waals surface area contributed by atoms with E-state index in [1.807, 2.05) is 36.4 Å². The quantitative estimate of drug-likeness (QED) is 0.768. The maximum absolute atomic E-state index is 4.71. The van der Waals surface area contributed by atoms with Crippen molar-refractivity contribution in [2.45, 2.75) is 45.4 Å². The largest absolute Gasteiger partial charge is 0.221 e. The van der Waals surface area contributed by atoms with Gasteiger partial charge in [-0.15, -0.1) is 0 Å². The van der Waals surface area contributed by atoms with Gasteiger partial charge in [0.05, 0.1) is 0 Å². The molecule has 0 N–H and O–H groups in total. The summed E-state index contributed by atoms with van der Waals surface area (Å²) in [6.45, 7) is 8.81. The van der Waals surface area contributed by atoms with Crippen molar-refractivity contribution in [3.63, 3.8) is 0 Å². The van der Waals surface area contributed by atoms with Gasteiger partial charge in [0.2, 0.25) is 0 Å². The summed E-state index contributed by atoms with van der Waals surface area (Å²) < 4.78 is 0. The second-order valence-corrected chi connectivity index (χ2v) is 7.56. The van der Waals surface area contributed by atoms with Gasteiger partial charge < -0.3 is 0 Å². The molecule has 3 heteroatoms. The standard InChI is InChI=1S/C16H21N3.C6H6/c1-11(2)13-17-10-18-14(19-13)15(4)9-16(15)8-6-5-7-12(16)3;1-2-4-6-5-3-1/h5-8,10-12H,9H2,1-4H3;1-6H. The second-order valence-electron chi connectivity index (χ2n) is 7.56. The summed E-state index contributed by atoms with van der Waals surface area (Å²) in [5.74, 6) is 2.75. The average Bonchev–Trinajstić information content (AvgIpc) is 3.26. The zero-order valence-corrected chi connectivity index (χ0v) is 15.6. The molecule has 1 aromatic heterocycles. The Kier molecular flexibility index (Phi) is 4.85. The van der Waals surface area contributed by atoms with Crippen molar-refractivity contribution in [1.29, 1.82) is 0 Å². The Bertz CT molecular complexity index is 739. The van der Waals surface area contributed by atoms with E-state index >= 15 is 0 Å². The molecule has 0 amide bonds. The lowest BCUT2D eigenvalue weighted by atomic mass is 9.80. The fourth-order valence-electron chi connectivity index (χ4n) is 3.75. The summed E-state index contributed by atoms with van der Waals surface area (Å²) in [7, 11) is 0. The van der Waals surface area contributed by atoms with Gasteiger partial charge in [0.1, 0.15) is 18.0 Å². The molecule has 3 unspecified atom stereocenters. The lowest BCUT2D eigenvalue weighted by Crippen LogP contribution is -2.23. The molecule has 1 heterocycles. The number of hydrogen-bond donors (Lipinski definition) is 0. The Morgan fingerprint density at radius 1 is 1.00 bits per heavy atom. The smallest absolute Gasteiger partial charge is 0.139 e. The van der Waals surface area contributed by atoms with E-state index in [-0.39, 0.29) is 10.8 Å². The van der Waals surface area contributed by atoms with Gasteiger partial charge in [-0.1, -0.05) is 88.4 Å². The molecule has 25 heavy (non-hydrogen) atoms. The Hall–Kier alpha value is -2.29. The van der Waals surface area contributed by atoms with Crippen LogP contribution < -0.4 is 0 Å². The van der Waals surface area contributed by atoms with Crippen LogP contribution in [0.25, 0.3) is 0 Å². The summed E-state index contributed by atoms with van der Waals surface area (Å²) in [5, 5.41) is 0. The molecule has 0 radical (unpaired) electrons. The molecule has 130 valence electrons. The fourth-order valence-corrected chi connectivity index (χ4v) is 3.75. The van der Waals surface area contributed by atoms with E-state index < -0.39 is 0 Å². The van der Waals surface area contributed by atoms with Gasteiger partial charge in [-0.05, 0) is 12.3 Å². The van der Waals surface area contributed by atoms with Crippen molar-refractivity contribution in [2.24, 2.45) is 11.3 Å². The molecule has 0 saturated heterocycles. The van der Waals surface area contributed by atoms with Crippen LogP contribution in [-0.4, -0.2) is 15.0 Å². The summed E-state index contributed by atoms with van der Waals surface area (Å²) in [6, 6.07) is 12.0. The molecule has 1 spiro atoms. The van der Waals surface area contributed by atoms with Crippen LogP contribution in [0.15, 0.2) is 67.0 Å². The Labute approximate surface area is 151 Å². The molecule has 2 aliphatic rings. The molecule has 4 rings (SSSR count). The average molecular weight is 333 g/mol. The van der Waals surface area contributed by atoms with Crippen LogP contribution in [0.5, 0.6) is 0 Å². The van der Waals surface area contributed by atoms with Crippen LogP contribution in [0.2, 0.25) is 0 Å². The van der Waals surface area contributed by atoms with Crippen LogP contribution in [0.3, 0.4) is 0 Å². The third-order valence-electron chi connectivity index (χ3n) is 5.53. The van der Waals surface area contributed by atoms with E-state index in [0.717, 1.165) is 18.1 Å². The Morgan fingerprint density at radius 2 is 1.64 bits per heavy atom. The van der Waals surface area contributed by atoms with Crippen molar-refractivity contribution < 1.29 is 0 Å². The number of rotatable bonds is 2. The van der Waals surface area contributed by atoms with E-state index in [2.05, 4.69) is 62.0 Å². The number of hydrogen-bond acceptors (Lipinski definition) is 3. The van der Waals surface area contributed by atoms with Crippen LogP contribution >= 0.6 is 0 Å². The molecular weight excluding hydrogens is 306 g/mol. The zero-order valence-electron chi connectivity index (χ0n) is 15.6. The zero-order chi connectivity index (χ0) is 17.9. The molecular formula is C22H27N3. The van der Waals surface area contributed by atoms with Gasteiger partial charge in [0, 0.05) is 16.7 Å². The van der Waals surface area contributed by atoms with Gasteiger partial charge in [-0.2, -0.15) is 0 Å². The monoisotopic (exact) mass is 333 g/mol. The minimum absolute atomic E-state index is 0.0558. The topological polar surface area (TPSA) is 38.7 Å². The summed E-state index contributed by atoms with van der Waals surface area (Å²) in [5.41, 5.74) is 0.262. The van der Waals surface area contributed by atoms with Gasteiger partial charge in [-0.25, -0.2) is 15.0 Å². The highest BCUT2D eigenvalue weighted by molar-refractivity contribution is 5.39. The molecule has 3 nitrogen and oxygen atoms in total. The van der Waals surface area contributed by atoms with Gasteiger partial charge in [0.25, 0.3) is 0 Å². The van der Waals surface area contributed by atoms with E-state index in [1.165, 1.54) is 0 Å². The Morgan fingerprint density at radius 3 is 2.20 bits per heavy atom. The first-order valence-corrected chi connectivity index (χ1v) is 9.05. The number of nitrogens with zero attached hydrogens (tertiary/aromatic N) is 3. The first-order valence-electron chi connectivity index (χ1n) is 9.05. The van der Waals surface area contributed by atoms with Crippen molar-refractivity contribution in [2.75, 3.05) is 0 Å². The van der Waals surface area contributed by atoms with Gasteiger partial charge >= 0.3 is 0 Å². The highest BCUT2D eigenvalue weighted by atomic mass is 15.0. The molecule has 2 aromatic rings. The highest BCUT2D eigenvalue weighted by Crippen LogP contribution is 2.69. The maximum Gasteiger partial charge on any atom is 0.139 e. The molecule has 1 fully saturated rings. The molecule has 3 atom stereocenters. The van der Waals surface area contributed by atoms with Crippen molar-refractivity contribution in [3.05, 3.63) is 78.7 Å². The normalized spacial score (nSPS) is 29.4. The third kappa shape index (κ3) is 3.28. The summed E-state index contributed by atoms with van der Waals surface area (Å²) >= 11 is 0. The molecule has 0 aliphatic heterocycles. The van der Waals surface area contributed by atoms with E-state index in [0.29, 0.717) is 11.8 Å². The van der Waals surface area contributed by atoms with Crippen LogP contribution in [0.4, 0.5) is 0 Å². The molecule has 1 saturated carbocycles. The number of aromatic nitrogens is 3. The van der Waals surface area contributed by atoms with Crippen molar-refractivity contribution >= 4 is 0 Å². The van der Waals surface area contributed by atoms with Gasteiger partial charge in [-0.3, -0.25) is 0 Å². The predicted molar refractivity (Wildman–Crippen MR) is 102 cm³/mol. The molecule has 1 aromatic carbocycles. The van der Waals surface area contributed by atoms with Crippen molar-refractivity contribution in [3.8, 4) is 0 Å². The van der Waals surface area contributed by atoms with E-state index in [4.69, 9.17) is 4.98 Å². The summed E-state index contributed by atoms with van der Waals surface area (Å²) in [4.78, 5) is 13.4. The maximum atomic E-state index is 4.71. The summed E-state index contributed by atoms with van der Waals surface area (Å²) in [6.07, 6.45) is 11.7. The molecule has 2 aliphatic carbocycles. The minimum atomic E-state index is 0.0558. The van der Waals surface area contributed by atoms with Crippen LogP contribution in [0, 0.1) is 11.3 Å². The first kappa shape index (κ1) is 17.5. The minimum Gasteiger partial charge on any atom is -0.221 e. The van der Waals surface area contributed by atoms with Crippen molar-refractivity contribution in [1.82, 2.24) is 15.0 Å². The second kappa shape index (κ2) is 6.91. The molecule has 0 bridgehead atoms. The van der Waals surface area contributed by atoms with E-state index in [9.17, 15) is 0 Å². The van der Waals surface area contributed by atoms with Crippen LogP contribution in [-0.2, 0) is 5.41 Å².